The molecule has 0 saturated carbocycles. The highest BCUT2D eigenvalue weighted by Gasteiger charge is 2.60. The molecule has 0 aliphatic heterocycles. The third-order valence-corrected chi connectivity index (χ3v) is 5.47. The first-order valence-corrected chi connectivity index (χ1v) is 6.22. The summed E-state index contributed by atoms with van der Waals surface area (Å²) in [6, 6.07) is 8.92. The van der Waals surface area contributed by atoms with Crippen LogP contribution in [0.3, 0.4) is 0 Å². The van der Waals surface area contributed by atoms with Gasteiger partial charge in [0.25, 0.3) is 0 Å². The number of aryl methyl sites for hydroxylation is 1. The van der Waals surface area contributed by atoms with Crippen LogP contribution in [0.25, 0.3) is 0 Å². The summed E-state index contributed by atoms with van der Waals surface area (Å²) in [4.78, 5) is 0. The fourth-order valence-electron chi connectivity index (χ4n) is 3.39. The van der Waals surface area contributed by atoms with Crippen molar-refractivity contribution < 1.29 is 0 Å². The molecule has 1 unspecified atom stereocenters. The van der Waals surface area contributed by atoms with E-state index in [1.54, 1.807) is 0 Å². The van der Waals surface area contributed by atoms with Gasteiger partial charge in [0.05, 0.1) is 11.5 Å². The molecule has 0 saturated heterocycles. The second kappa shape index (κ2) is 3.13. The molecule has 1 aliphatic rings. The summed E-state index contributed by atoms with van der Waals surface area (Å²) in [5, 5.41) is 9.68. The third-order valence-electron chi connectivity index (χ3n) is 5.47. The Kier molecular flexibility index (Phi) is 2.24. The Balaban J connectivity index is 2.90. The summed E-state index contributed by atoms with van der Waals surface area (Å²) >= 11 is 0. The van der Waals surface area contributed by atoms with Crippen molar-refractivity contribution in [1.29, 1.82) is 5.26 Å². The van der Waals surface area contributed by atoms with Gasteiger partial charge in [0.15, 0.2) is 0 Å². The van der Waals surface area contributed by atoms with Crippen molar-refractivity contribution >= 4 is 0 Å². The number of nitrogens with zero attached hydrogens (tertiary/aromatic N) is 1. The molecule has 0 radical (unpaired) electrons. The molecule has 1 heteroatoms. The Bertz CT molecular complexity index is 517. The van der Waals surface area contributed by atoms with Gasteiger partial charge in [-0.05, 0) is 41.4 Å². The SMILES string of the molecule is Cc1cccc2c1C(C)(C)C(C)(C)C2(C)C#N. The number of hydrogen-bond donors (Lipinski definition) is 0. The zero-order chi connectivity index (χ0) is 13.1. The lowest BCUT2D eigenvalue weighted by Gasteiger charge is -2.42. The van der Waals surface area contributed by atoms with Gasteiger partial charge in [-0.1, -0.05) is 45.9 Å². The normalized spacial score (nSPS) is 28.5. The van der Waals surface area contributed by atoms with Crippen LogP contribution in [-0.2, 0) is 10.8 Å². The Labute approximate surface area is 104 Å². The molecule has 17 heavy (non-hydrogen) atoms. The molecule has 0 spiro atoms. The molecule has 0 heterocycles. The van der Waals surface area contributed by atoms with Crippen molar-refractivity contribution in [3.05, 3.63) is 34.9 Å². The standard InChI is InChI=1S/C16H21N/c1-11-8-7-9-12-13(11)14(2,3)15(4,5)16(12,6)10-17/h7-9H,1-6H3. The topological polar surface area (TPSA) is 23.8 Å². The van der Waals surface area contributed by atoms with E-state index in [0.29, 0.717) is 0 Å². The van der Waals surface area contributed by atoms with Gasteiger partial charge in [0.2, 0.25) is 0 Å². The van der Waals surface area contributed by atoms with Gasteiger partial charge in [-0.2, -0.15) is 5.26 Å². The van der Waals surface area contributed by atoms with Gasteiger partial charge >= 0.3 is 0 Å². The van der Waals surface area contributed by atoms with E-state index in [-0.39, 0.29) is 10.8 Å². The molecule has 0 aromatic heterocycles. The fraction of sp³-hybridized carbons (Fsp3) is 0.562. The quantitative estimate of drug-likeness (QED) is 0.654. The van der Waals surface area contributed by atoms with Crippen molar-refractivity contribution in [3.63, 3.8) is 0 Å². The maximum atomic E-state index is 9.68. The zero-order valence-corrected chi connectivity index (χ0v) is 11.7. The molecule has 1 atom stereocenters. The third kappa shape index (κ3) is 1.14. The van der Waals surface area contributed by atoms with Crippen LogP contribution < -0.4 is 0 Å². The molecule has 0 bridgehead atoms. The molecular weight excluding hydrogens is 206 g/mol. The molecule has 0 N–H and O–H groups in total. The van der Waals surface area contributed by atoms with E-state index < -0.39 is 5.41 Å². The Morgan fingerprint density at radius 2 is 1.65 bits per heavy atom. The molecule has 1 aliphatic carbocycles. The van der Waals surface area contributed by atoms with Gasteiger partial charge in [-0.15, -0.1) is 0 Å². The molecule has 0 fully saturated rings. The number of rotatable bonds is 0. The Morgan fingerprint density at radius 1 is 1.06 bits per heavy atom. The second-order valence-electron chi connectivity index (χ2n) is 6.48. The average molecular weight is 227 g/mol. The second-order valence-corrected chi connectivity index (χ2v) is 6.48. The average Bonchev–Trinajstić information content (AvgIpc) is 2.37. The smallest absolute Gasteiger partial charge is 0.0856 e. The van der Waals surface area contributed by atoms with Crippen LogP contribution in [0.15, 0.2) is 18.2 Å². The van der Waals surface area contributed by atoms with Gasteiger partial charge < -0.3 is 0 Å². The maximum absolute atomic E-state index is 9.68. The van der Waals surface area contributed by atoms with Crippen LogP contribution in [0.2, 0.25) is 0 Å². The summed E-state index contributed by atoms with van der Waals surface area (Å²) in [6.45, 7) is 13.2. The van der Waals surface area contributed by atoms with Crippen LogP contribution in [0.4, 0.5) is 0 Å². The minimum atomic E-state index is -0.405. The Hall–Kier alpha value is -1.29. The molecule has 2 rings (SSSR count). The monoisotopic (exact) mass is 227 g/mol. The highest BCUT2D eigenvalue weighted by Crippen LogP contribution is 2.61. The van der Waals surface area contributed by atoms with Crippen molar-refractivity contribution in [2.75, 3.05) is 0 Å². The van der Waals surface area contributed by atoms with E-state index in [1.165, 1.54) is 16.7 Å². The number of nitriles is 1. The zero-order valence-electron chi connectivity index (χ0n) is 11.7. The summed E-state index contributed by atoms with van der Waals surface area (Å²) in [6.07, 6.45) is 0. The van der Waals surface area contributed by atoms with Crippen LogP contribution >= 0.6 is 0 Å². The minimum absolute atomic E-state index is 0.0259. The Morgan fingerprint density at radius 3 is 2.18 bits per heavy atom. The van der Waals surface area contributed by atoms with E-state index in [2.05, 4.69) is 65.8 Å². The lowest BCUT2D eigenvalue weighted by Crippen LogP contribution is -2.43. The van der Waals surface area contributed by atoms with Gasteiger partial charge in [-0.25, -0.2) is 0 Å². The molecule has 90 valence electrons. The van der Waals surface area contributed by atoms with Gasteiger partial charge in [0, 0.05) is 0 Å². The lowest BCUT2D eigenvalue weighted by atomic mass is 9.59. The molecule has 1 aromatic rings. The summed E-state index contributed by atoms with van der Waals surface area (Å²) in [7, 11) is 0. The van der Waals surface area contributed by atoms with E-state index in [4.69, 9.17) is 0 Å². The summed E-state index contributed by atoms with van der Waals surface area (Å²) in [5.74, 6) is 0. The first-order chi connectivity index (χ1) is 7.70. The van der Waals surface area contributed by atoms with E-state index >= 15 is 0 Å². The van der Waals surface area contributed by atoms with Gasteiger partial charge in [0.1, 0.15) is 0 Å². The highest BCUT2D eigenvalue weighted by atomic mass is 14.6. The van der Waals surface area contributed by atoms with E-state index in [1.807, 2.05) is 0 Å². The lowest BCUT2D eigenvalue weighted by molar-refractivity contribution is 0.149. The molecule has 0 amide bonds. The number of fused-ring (bicyclic) bond motifs is 1. The van der Waals surface area contributed by atoms with Crippen LogP contribution in [-0.4, -0.2) is 0 Å². The number of benzene rings is 1. The minimum Gasteiger partial charge on any atom is -0.197 e. The summed E-state index contributed by atoms with van der Waals surface area (Å²) < 4.78 is 0. The van der Waals surface area contributed by atoms with Gasteiger partial charge in [-0.3, -0.25) is 0 Å². The van der Waals surface area contributed by atoms with Crippen molar-refractivity contribution in [2.45, 2.75) is 52.4 Å². The van der Waals surface area contributed by atoms with E-state index in [0.717, 1.165) is 0 Å². The predicted molar refractivity (Wildman–Crippen MR) is 71.0 cm³/mol. The van der Waals surface area contributed by atoms with E-state index in [9.17, 15) is 5.26 Å². The van der Waals surface area contributed by atoms with Crippen LogP contribution in [0, 0.1) is 23.7 Å². The molecular formula is C16H21N. The molecule has 1 nitrogen and oxygen atoms in total. The van der Waals surface area contributed by atoms with Crippen molar-refractivity contribution in [1.82, 2.24) is 0 Å². The van der Waals surface area contributed by atoms with Crippen LogP contribution in [0.5, 0.6) is 0 Å². The number of hydrogen-bond acceptors (Lipinski definition) is 1. The summed E-state index contributed by atoms with van der Waals surface area (Å²) in [5.41, 5.74) is 3.45. The predicted octanol–water partition coefficient (Wildman–Crippen LogP) is 4.09. The largest absolute Gasteiger partial charge is 0.197 e. The first kappa shape index (κ1) is 12.2. The fourth-order valence-corrected chi connectivity index (χ4v) is 3.39. The maximum Gasteiger partial charge on any atom is 0.0856 e. The van der Waals surface area contributed by atoms with Crippen molar-refractivity contribution in [3.8, 4) is 6.07 Å². The first-order valence-electron chi connectivity index (χ1n) is 6.22. The van der Waals surface area contributed by atoms with Crippen molar-refractivity contribution in [2.24, 2.45) is 5.41 Å². The highest BCUT2D eigenvalue weighted by molar-refractivity contribution is 5.55. The molecule has 1 aromatic carbocycles. The van der Waals surface area contributed by atoms with Crippen LogP contribution in [0.1, 0.15) is 51.3 Å².